The Balaban J connectivity index is 1.59. The van der Waals surface area contributed by atoms with E-state index in [1.54, 1.807) is 18.5 Å². The van der Waals surface area contributed by atoms with Crippen molar-refractivity contribution >= 4 is 17.4 Å². The second-order valence-electron chi connectivity index (χ2n) is 8.50. The molecule has 0 saturated carbocycles. The monoisotopic (exact) mass is 472 g/mol. The smallest absolute Gasteiger partial charge is 0.188 e. The number of nitrogens with zero attached hydrogens (tertiary/aromatic N) is 1. The largest absolute Gasteiger partial charge is 0.487 e. The molecule has 172 valence electrons. The molecule has 0 radical (unpaired) electrons. The lowest BCUT2D eigenvalue weighted by atomic mass is 9.86. The zero-order valence-corrected chi connectivity index (χ0v) is 19.6. The Morgan fingerprint density at radius 3 is 2.56 bits per heavy atom. The molecule has 1 aliphatic rings. The Labute approximate surface area is 203 Å². The maximum absolute atomic E-state index is 12.7. The van der Waals surface area contributed by atoms with Crippen molar-refractivity contribution in [3.8, 4) is 11.5 Å². The van der Waals surface area contributed by atoms with Gasteiger partial charge in [-0.3, -0.25) is 4.79 Å². The van der Waals surface area contributed by atoms with Gasteiger partial charge in [0.25, 0.3) is 0 Å². The van der Waals surface area contributed by atoms with Crippen molar-refractivity contribution in [2.45, 2.75) is 38.4 Å². The van der Waals surface area contributed by atoms with Crippen LogP contribution in [0.3, 0.4) is 0 Å². The van der Waals surface area contributed by atoms with E-state index in [-0.39, 0.29) is 12.4 Å². The molecule has 0 fully saturated rings. The number of hydrogen-bond donors (Lipinski definition) is 1. The number of carbonyl (C=O) groups is 1. The first-order valence-corrected chi connectivity index (χ1v) is 11.7. The van der Waals surface area contributed by atoms with Crippen LogP contribution in [0, 0.1) is 0 Å². The predicted octanol–water partition coefficient (Wildman–Crippen LogP) is 6.50. The molecule has 1 aromatic heterocycles. The Morgan fingerprint density at radius 2 is 1.79 bits per heavy atom. The minimum absolute atomic E-state index is 0.156. The summed E-state index contributed by atoms with van der Waals surface area (Å²) in [6.07, 6.45) is 5.66. The van der Waals surface area contributed by atoms with Gasteiger partial charge in [-0.1, -0.05) is 54.1 Å². The molecule has 0 aliphatic heterocycles. The summed E-state index contributed by atoms with van der Waals surface area (Å²) in [6.45, 7) is 2.23. The molecule has 1 aliphatic carbocycles. The summed E-state index contributed by atoms with van der Waals surface area (Å²) in [4.78, 5) is 20.4. The molecule has 5 nitrogen and oxygen atoms in total. The van der Waals surface area contributed by atoms with E-state index in [2.05, 4.69) is 9.97 Å². The fourth-order valence-electron chi connectivity index (χ4n) is 4.49. The Hall–Kier alpha value is -3.57. The number of carbonyl (C=O) groups excluding carboxylic acids is 1. The number of ketones is 1. The van der Waals surface area contributed by atoms with Crippen molar-refractivity contribution in [2.24, 2.45) is 0 Å². The van der Waals surface area contributed by atoms with Crippen molar-refractivity contribution in [3.05, 3.63) is 112 Å². The molecule has 34 heavy (non-hydrogen) atoms. The average molecular weight is 473 g/mol. The Bertz CT molecular complexity index is 1300. The van der Waals surface area contributed by atoms with Crippen LogP contribution in [0.5, 0.6) is 11.5 Å². The van der Waals surface area contributed by atoms with Gasteiger partial charge in [-0.2, -0.15) is 0 Å². The normalized spacial score (nSPS) is 14.8. The van der Waals surface area contributed by atoms with Crippen LogP contribution in [0.15, 0.2) is 79.1 Å². The minimum atomic E-state index is -0.878. The molecule has 0 unspecified atom stereocenters. The summed E-state index contributed by atoms with van der Waals surface area (Å²) in [5, 5.41) is 0.538. The molecule has 4 aromatic rings. The maximum Gasteiger partial charge on any atom is 0.188 e. The van der Waals surface area contributed by atoms with Crippen LogP contribution in [-0.4, -0.2) is 15.8 Å². The second-order valence-corrected chi connectivity index (χ2v) is 8.91. The fourth-order valence-corrected chi connectivity index (χ4v) is 4.68. The number of para-hydroxylation sites is 1. The number of aromatic amines is 1. The standard InChI is InChI=1S/C28H25ClN2O3/c1-28(27-30-16-17-31-27,19-8-3-2-4-9-19)34-25-15-14-21-20(10-7-12-24(21)32)22(25)18-33-26-13-6-5-11-23(26)29/h2-6,8-9,11,13-17H,7,10,12,18H2,1H3,(H,30,31)/t28-/m0/s1. The minimum Gasteiger partial charge on any atom is -0.487 e. The molecule has 5 rings (SSSR count). The molecular formula is C28H25ClN2O3. The Morgan fingerprint density at radius 1 is 1.00 bits per heavy atom. The third-order valence-electron chi connectivity index (χ3n) is 6.32. The first-order valence-electron chi connectivity index (χ1n) is 11.4. The van der Waals surface area contributed by atoms with E-state index in [0.29, 0.717) is 28.8 Å². The van der Waals surface area contributed by atoms with Gasteiger partial charge in [-0.15, -0.1) is 0 Å². The first-order chi connectivity index (χ1) is 16.6. The van der Waals surface area contributed by atoms with Crippen LogP contribution in [0.25, 0.3) is 0 Å². The van der Waals surface area contributed by atoms with E-state index in [0.717, 1.165) is 35.1 Å². The maximum atomic E-state index is 12.7. The highest BCUT2D eigenvalue weighted by atomic mass is 35.5. The number of H-pyrrole nitrogens is 1. The lowest BCUT2D eigenvalue weighted by Crippen LogP contribution is -2.33. The molecule has 1 heterocycles. The summed E-state index contributed by atoms with van der Waals surface area (Å²) in [6, 6.07) is 21.1. The van der Waals surface area contributed by atoms with Crippen molar-refractivity contribution in [2.75, 3.05) is 0 Å². The third-order valence-corrected chi connectivity index (χ3v) is 6.63. The van der Waals surface area contributed by atoms with Gasteiger partial charge in [-0.25, -0.2) is 4.98 Å². The number of halogens is 1. The van der Waals surface area contributed by atoms with Crippen LogP contribution in [0.2, 0.25) is 5.02 Å². The van der Waals surface area contributed by atoms with E-state index < -0.39 is 5.60 Å². The zero-order valence-electron chi connectivity index (χ0n) is 18.9. The fraction of sp³-hybridized carbons (Fsp3) is 0.214. The van der Waals surface area contributed by atoms with E-state index >= 15 is 0 Å². The van der Waals surface area contributed by atoms with Crippen molar-refractivity contribution in [3.63, 3.8) is 0 Å². The second kappa shape index (κ2) is 9.35. The molecule has 3 aromatic carbocycles. The number of rotatable bonds is 7. The molecule has 1 N–H and O–H groups in total. The SMILES string of the molecule is C[C@](Oc1ccc2c(c1COc1ccccc1Cl)CCCC2=O)(c1ccccc1)c1ncc[nH]1. The molecule has 0 spiro atoms. The third kappa shape index (κ3) is 4.19. The van der Waals surface area contributed by atoms with Gasteiger partial charge in [0, 0.05) is 35.5 Å². The number of hydrogen-bond acceptors (Lipinski definition) is 4. The predicted molar refractivity (Wildman–Crippen MR) is 132 cm³/mol. The quantitative estimate of drug-likeness (QED) is 0.333. The number of benzene rings is 3. The Kier molecular flexibility index (Phi) is 6.12. The summed E-state index contributed by atoms with van der Waals surface area (Å²) in [5.41, 5.74) is 2.67. The average Bonchev–Trinajstić information content (AvgIpc) is 3.41. The molecule has 6 heteroatoms. The van der Waals surface area contributed by atoms with E-state index in [9.17, 15) is 4.79 Å². The van der Waals surface area contributed by atoms with Gasteiger partial charge in [0.2, 0.25) is 0 Å². The summed E-state index contributed by atoms with van der Waals surface area (Å²) >= 11 is 6.33. The number of Topliss-reactive ketones (excluding diaryl/α,β-unsaturated/α-hetero) is 1. The van der Waals surface area contributed by atoms with Gasteiger partial charge < -0.3 is 14.5 Å². The van der Waals surface area contributed by atoms with Gasteiger partial charge in [0.05, 0.1) is 5.02 Å². The first kappa shape index (κ1) is 22.2. The summed E-state index contributed by atoms with van der Waals surface area (Å²) < 4.78 is 12.9. The number of ether oxygens (including phenoxy) is 2. The van der Waals surface area contributed by atoms with Crippen molar-refractivity contribution in [1.82, 2.24) is 9.97 Å². The van der Waals surface area contributed by atoms with Crippen LogP contribution in [0.1, 0.15) is 52.6 Å². The topological polar surface area (TPSA) is 64.2 Å². The summed E-state index contributed by atoms with van der Waals surface area (Å²) in [7, 11) is 0. The van der Waals surface area contributed by atoms with Crippen molar-refractivity contribution in [1.29, 1.82) is 0 Å². The van der Waals surface area contributed by atoms with Crippen LogP contribution in [-0.2, 0) is 18.6 Å². The lowest BCUT2D eigenvalue weighted by Gasteiger charge is -2.32. The van der Waals surface area contributed by atoms with Crippen molar-refractivity contribution < 1.29 is 14.3 Å². The highest BCUT2D eigenvalue weighted by Crippen LogP contribution is 2.39. The van der Waals surface area contributed by atoms with Crippen LogP contribution >= 0.6 is 11.6 Å². The number of nitrogens with one attached hydrogen (secondary N) is 1. The van der Waals surface area contributed by atoms with Crippen LogP contribution < -0.4 is 9.47 Å². The molecule has 0 saturated heterocycles. The van der Waals surface area contributed by atoms with E-state index in [1.807, 2.05) is 67.6 Å². The lowest BCUT2D eigenvalue weighted by molar-refractivity contribution is 0.0970. The highest BCUT2D eigenvalue weighted by molar-refractivity contribution is 6.32. The number of fused-ring (bicyclic) bond motifs is 1. The number of aromatic nitrogens is 2. The van der Waals surface area contributed by atoms with E-state index in [4.69, 9.17) is 21.1 Å². The molecule has 0 amide bonds. The zero-order chi connectivity index (χ0) is 23.5. The van der Waals surface area contributed by atoms with Crippen LogP contribution in [0.4, 0.5) is 0 Å². The highest BCUT2D eigenvalue weighted by Gasteiger charge is 2.35. The number of imidazole rings is 1. The van der Waals surface area contributed by atoms with E-state index in [1.165, 1.54) is 0 Å². The molecular weight excluding hydrogens is 448 g/mol. The summed E-state index contributed by atoms with van der Waals surface area (Å²) in [5.74, 6) is 2.09. The van der Waals surface area contributed by atoms with Gasteiger partial charge in [0.1, 0.15) is 18.1 Å². The molecule has 0 bridgehead atoms. The van der Waals surface area contributed by atoms with Gasteiger partial charge in [-0.05, 0) is 49.6 Å². The van der Waals surface area contributed by atoms with Gasteiger partial charge >= 0.3 is 0 Å². The molecule has 1 atom stereocenters. The van der Waals surface area contributed by atoms with Gasteiger partial charge in [0.15, 0.2) is 17.2 Å².